The van der Waals surface area contributed by atoms with E-state index < -0.39 is 12.1 Å². The van der Waals surface area contributed by atoms with Crippen LogP contribution < -0.4 is 16.4 Å². The molecular weight excluding hydrogens is 975 g/mol. The van der Waals surface area contributed by atoms with Crippen molar-refractivity contribution in [2.24, 2.45) is 52.1 Å². The number of alkyl carbamates (subject to hydrolysis) is 1. The molecule has 0 aromatic carbocycles. The molecule has 6 rings (SSSR count). The largest absolute Gasteiger partial charge is 0.446 e. The van der Waals surface area contributed by atoms with Gasteiger partial charge in [-0.3, -0.25) is 14.4 Å². The summed E-state index contributed by atoms with van der Waals surface area (Å²) >= 11 is 0. The number of H-pyrrole nitrogens is 1. The number of allylic oxidation sites excluding steroid dienone is 2. The Labute approximate surface area is 474 Å². The van der Waals surface area contributed by atoms with Crippen LogP contribution in [0.2, 0.25) is 0 Å². The van der Waals surface area contributed by atoms with Gasteiger partial charge in [0, 0.05) is 57.0 Å². The Morgan fingerprint density at radius 1 is 0.795 bits per heavy atom. The van der Waals surface area contributed by atoms with Gasteiger partial charge in [0.25, 0.3) is 0 Å². The van der Waals surface area contributed by atoms with Gasteiger partial charge < -0.3 is 45.7 Å². The van der Waals surface area contributed by atoms with Crippen molar-refractivity contribution >= 4 is 23.8 Å². The lowest BCUT2D eigenvalue weighted by Gasteiger charge is -2.61. The molecule has 1 saturated heterocycles. The molecule has 14 nitrogen and oxygen atoms in total. The van der Waals surface area contributed by atoms with Crippen molar-refractivity contribution in [1.82, 2.24) is 40.2 Å². The van der Waals surface area contributed by atoms with Gasteiger partial charge in [0.1, 0.15) is 12.1 Å². The first-order chi connectivity index (χ1) is 37.5. The van der Waals surface area contributed by atoms with E-state index in [9.17, 15) is 19.2 Å². The van der Waals surface area contributed by atoms with Crippen LogP contribution in [0.3, 0.4) is 0 Å². The number of ether oxygens (including phenoxy) is 1. The maximum Gasteiger partial charge on any atom is 0.407 e. The third-order valence-electron chi connectivity index (χ3n) is 20.4. The first-order valence-corrected chi connectivity index (χ1v) is 32.0. The standard InChI is InChI=1S/C64H113N9O5/c1-9-10-11-12-13-14-15-16-17-18-19-20-21-22-23-24-37-67-62(77)78-52-33-35-63(3)49(42-52)28-29-53-55-31-30-54(64(55,4)36-34-56(53)63)48(2)27-32-59(74)69-51-44-58(73(46-51)60(75)57(65)43-50-45-66-47-68-50)61(76)72(40-25-38-70(5)6)41-26-39-71(7)8/h16-17,45,47-49,51-58H,9-15,18-44,46,65H2,1-8H3,(H,66,68)(H,67,77)(H,69,74)/b17-16+/t48?,49?,51?,52-,53?,54-,55?,56?,57?,58+,63+,64-/m1/s1. The Hall–Kier alpha value is -3.49. The lowest BCUT2D eigenvalue weighted by molar-refractivity contribution is -0.144. The second kappa shape index (κ2) is 32.2. The number of hydrogen-bond donors (Lipinski definition) is 4. The minimum atomic E-state index is -0.840. The summed E-state index contributed by atoms with van der Waals surface area (Å²) in [4.78, 5) is 70.6. The van der Waals surface area contributed by atoms with Crippen molar-refractivity contribution in [3.8, 4) is 0 Å². The summed E-state index contributed by atoms with van der Waals surface area (Å²) < 4.78 is 6.12. The lowest BCUT2D eigenvalue weighted by Crippen LogP contribution is -2.54. The summed E-state index contributed by atoms with van der Waals surface area (Å²) in [5.74, 6) is 3.49. The summed E-state index contributed by atoms with van der Waals surface area (Å²) in [6.45, 7) is 13.8. The van der Waals surface area contributed by atoms with Crippen LogP contribution >= 0.6 is 0 Å². The first-order valence-electron chi connectivity index (χ1n) is 32.0. The smallest absolute Gasteiger partial charge is 0.407 e. The molecule has 7 unspecified atom stereocenters. The van der Waals surface area contributed by atoms with Crippen molar-refractivity contribution in [3.05, 3.63) is 30.4 Å². The van der Waals surface area contributed by atoms with Gasteiger partial charge in [0.05, 0.1) is 12.4 Å². The Morgan fingerprint density at radius 2 is 1.44 bits per heavy atom. The van der Waals surface area contributed by atoms with Crippen molar-refractivity contribution in [3.63, 3.8) is 0 Å². The van der Waals surface area contributed by atoms with Gasteiger partial charge in [0.15, 0.2) is 0 Å². The summed E-state index contributed by atoms with van der Waals surface area (Å²) in [6, 6.07) is -1.85. The van der Waals surface area contributed by atoms with E-state index in [-0.39, 0.29) is 47.9 Å². The van der Waals surface area contributed by atoms with Crippen LogP contribution in [0.4, 0.5) is 4.79 Å². The van der Waals surface area contributed by atoms with Crippen LogP contribution in [-0.4, -0.2) is 145 Å². The van der Waals surface area contributed by atoms with E-state index in [4.69, 9.17) is 10.5 Å². The molecule has 0 spiro atoms. The maximum atomic E-state index is 14.5. The number of aromatic amines is 1. The molecule has 14 heteroatoms. The zero-order valence-corrected chi connectivity index (χ0v) is 50.7. The van der Waals surface area contributed by atoms with E-state index in [2.05, 4.69) is 70.2 Å². The molecular formula is C64H113N9O5. The molecule has 0 bridgehead atoms. The molecule has 78 heavy (non-hydrogen) atoms. The summed E-state index contributed by atoms with van der Waals surface area (Å²) in [7, 11) is 8.16. The summed E-state index contributed by atoms with van der Waals surface area (Å²) in [5.41, 5.74) is 7.91. The summed E-state index contributed by atoms with van der Waals surface area (Å²) in [5, 5.41) is 6.40. The van der Waals surface area contributed by atoms with Crippen LogP contribution in [0, 0.1) is 46.3 Å². The van der Waals surface area contributed by atoms with Gasteiger partial charge in [-0.25, -0.2) is 9.78 Å². The highest BCUT2D eigenvalue weighted by atomic mass is 16.6. The van der Waals surface area contributed by atoms with E-state index >= 15 is 0 Å². The van der Waals surface area contributed by atoms with E-state index in [1.54, 1.807) is 17.4 Å². The number of carbonyl (C=O) groups excluding carboxylic acids is 4. The molecule has 4 aliphatic carbocycles. The second-order valence-electron chi connectivity index (χ2n) is 26.6. The molecule has 5 fully saturated rings. The fraction of sp³-hybridized carbons (Fsp3) is 0.859. The fourth-order valence-electron chi connectivity index (χ4n) is 16.0. The Kier molecular flexibility index (Phi) is 26.3. The van der Waals surface area contributed by atoms with E-state index in [1.165, 1.54) is 116 Å². The second-order valence-corrected chi connectivity index (χ2v) is 26.6. The molecule has 1 aliphatic heterocycles. The fourth-order valence-corrected chi connectivity index (χ4v) is 16.0. The average molecular weight is 1090 g/mol. The predicted molar refractivity (Wildman–Crippen MR) is 317 cm³/mol. The molecule has 444 valence electrons. The van der Waals surface area contributed by atoms with Gasteiger partial charge in [-0.05, 0) is 203 Å². The van der Waals surface area contributed by atoms with Crippen LogP contribution in [0.25, 0.3) is 0 Å². The number of aromatic nitrogens is 2. The summed E-state index contributed by atoms with van der Waals surface area (Å²) in [6.07, 6.45) is 40.1. The van der Waals surface area contributed by atoms with E-state index in [0.29, 0.717) is 62.1 Å². The SMILES string of the molecule is CCCCCCCC/C=C/CCCCCCCCNC(=O)O[C@@H]1CC[C@@]2(C)C(CCC3C2CC[C@@]2(C)C3CC[C@@H]2C(C)CCC(=O)NC2C[C@@H](C(=O)N(CCCN(C)C)CCCN(C)C)N(C(=O)C(N)Cc3cnc[nH]3)C2)C1. The third-order valence-corrected chi connectivity index (χ3v) is 20.4. The molecule has 0 radical (unpaired) electrons. The molecule has 1 aromatic heterocycles. The quantitative estimate of drug-likeness (QED) is 0.0388. The normalized spacial score (nSPS) is 28.6. The monoisotopic (exact) mass is 1090 g/mol. The Bertz CT molecular complexity index is 1950. The number of likely N-dealkylation sites (tertiary alicyclic amines) is 1. The number of nitrogens with two attached hydrogens (primary N) is 1. The van der Waals surface area contributed by atoms with Crippen LogP contribution in [0.5, 0.6) is 0 Å². The van der Waals surface area contributed by atoms with Crippen molar-refractivity contribution in [2.75, 3.05) is 67.5 Å². The molecule has 1 aromatic rings. The third kappa shape index (κ3) is 18.5. The van der Waals surface area contributed by atoms with Gasteiger partial charge in [0.2, 0.25) is 17.7 Å². The van der Waals surface area contributed by atoms with Crippen molar-refractivity contribution in [2.45, 2.75) is 238 Å². The Morgan fingerprint density at radius 3 is 2.09 bits per heavy atom. The first kappa shape index (κ1) is 63.7. The molecule has 2 heterocycles. The molecule has 4 amide bonds. The predicted octanol–water partition coefficient (Wildman–Crippen LogP) is 11.3. The number of rotatable bonds is 34. The number of carbonyl (C=O) groups is 4. The minimum absolute atomic E-state index is 0.00314. The van der Waals surface area contributed by atoms with Gasteiger partial charge in [-0.1, -0.05) is 97.6 Å². The minimum Gasteiger partial charge on any atom is -0.446 e. The van der Waals surface area contributed by atoms with E-state index in [1.807, 2.05) is 33.1 Å². The van der Waals surface area contributed by atoms with Gasteiger partial charge >= 0.3 is 6.09 Å². The molecule has 4 saturated carbocycles. The van der Waals surface area contributed by atoms with Crippen molar-refractivity contribution in [1.29, 1.82) is 0 Å². The van der Waals surface area contributed by atoms with E-state index in [0.717, 1.165) is 87.9 Å². The van der Waals surface area contributed by atoms with Crippen LogP contribution in [-0.2, 0) is 25.5 Å². The topological polar surface area (TPSA) is 169 Å². The highest BCUT2D eigenvalue weighted by molar-refractivity contribution is 5.91. The number of fused-ring (bicyclic) bond motifs is 5. The molecule has 5 N–H and O–H groups in total. The number of imidazole rings is 1. The zero-order chi connectivity index (χ0) is 56.1. The Balaban J connectivity index is 0.917. The number of amides is 4. The maximum absolute atomic E-state index is 14.5. The molecule has 5 aliphatic rings. The average Bonchev–Trinajstić information content (AvgIpc) is 4.16. The van der Waals surface area contributed by atoms with Gasteiger partial charge in [-0.15, -0.1) is 0 Å². The highest BCUT2D eigenvalue weighted by Crippen LogP contribution is 2.68. The lowest BCUT2D eigenvalue weighted by atomic mass is 9.44. The van der Waals surface area contributed by atoms with Crippen molar-refractivity contribution < 1.29 is 23.9 Å². The van der Waals surface area contributed by atoms with Gasteiger partial charge in [-0.2, -0.15) is 0 Å². The number of hydrogen-bond acceptors (Lipinski definition) is 9. The number of unbranched alkanes of at least 4 members (excludes halogenated alkanes) is 12. The van der Waals surface area contributed by atoms with Crippen LogP contribution in [0.15, 0.2) is 24.7 Å². The zero-order valence-electron chi connectivity index (χ0n) is 50.7. The number of nitrogens with one attached hydrogen (secondary N) is 3. The van der Waals surface area contributed by atoms with Crippen LogP contribution in [0.1, 0.15) is 213 Å². The highest BCUT2D eigenvalue weighted by Gasteiger charge is 2.61. The number of nitrogens with zero attached hydrogens (tertiary/aromatic N) is 5. The molecule has 12 atom stereocenters.